The van der Waals surface area contributed by atoms with Crippen molar-refractivity contribution in [2.24, 2.45) is 5.92 Å². The summed E-state index contributed by atoms with van der Waals surface area (Å²) in [4.78, 5) is 25.3. The summed E-state index contributed by atoms with van der Waals surface area (Å²) in [5.74, 6) is -0.630. The topological polar surface area (TPSA) is 66.8 Å². The second-order valence-corrected chi connectivity index (χ2v) is 6.78. The molecule has 1 N–H and O–H groups in total. The van der Waals surface area contributed by atoms with Crippen molar-refractivity contribution in [1.29, 1.82) is 0 Å². The monoisotopic (exact) mass is 371 g/mol. The van der Waals surface area contributed by atoms with Crippen LogP contribution in [0.15, 0.2) is 48.5 Å². The number of ether oxygens (including phenoxy) is 1. The van der Waals surface area contributed by atoms with Gasteiger partial charge < -0.3 is 14.7 Å². The number of carbonyl (C=O) groups excluding carboxylic acids is 1. The minimum atomic E-state index is -0.786. The Balaban J connectivity index is 1.58. The minimum absolute atomic E-state index is 0.0589. The van der Waals surface area contributed by atoms with Crippen LogP contribution in [0.3, 0.4) is 0 Å². The van der Waals surface area contributed by atoms with Gasteiger partial charge in [0.2, 0.25) is 0 Å². The van der Waals surface area contributed by atoms with Crippen LogP contribution in [0.1, 0.15) is 35.2 Å². The normalized spacial score (nSPS) is 14.8. The lowest BCUT2D eigenvalue weighted by Crippen LogP contribution is -2.38. The molecule has 1 saturated heterocycles. The number of aliphatic carboxylic acids is 1. The molecule has 0 aliphatic carbocycles. The van der Waals surface area contributed by atoms with Crippen LogP contribution in [-0.2, 0) is 11.4 Å². The predicted octanol–water partition coefficient (Wildman–Crippen LogP) is 3.73. The molecule has 0 aromatic heterocycles. The molecule has 0 saturated carbocycles. The highest BCUT2D eigenvalue weighted by molar-refractivity contribution is 5.94. The first kappa shape index (κ1) is 18.9. The van der Waals surface area contributed by atoms with Crippen LogP contribution >= 0.6 is 0 Å². The number of rotatable bonds is 6. The third-order valence-corrected chi connectivity index (χ3v) is 4.74. The first-order valence-electron chi connectivity index (χ1n) is 8.99. The van der Waals surface area contributed by atoms with E-state index in [1.165, 1.54) is 12.1 Å². The summed E-state index contributed by atoms with van der Waals surface area (Å²) in [5.41, 5.74) is 1.40. The summed E-state index contributed by atoms with van der Waals surface area (Å²) in [7, 11) is 0. The number of carboxylic acids is 1. The maximum Gasteiger partial charge on any atom is 0.303 e. The Labute approximate surface area is 157 Å². The molecule has 0 unspecified atom stereocenters. The molecule has 1 fully saturated rings. The number of benzene rings is 2. The van der Waals surface area contributed by atoms with Gasteiger partial charge in [0.1, 0.15) is 18.2 Å². The molecule has 0 atom stereocenters. The molecule has 0 radical (unpaired) electrons. The summed E-state index contributed by atoms with van der Waals surface area (Å²) in [5, 5.41) is 8.88. The molecule has 1 heterocycles. The van der Waals surface area contributed by atoms with Gasteiger partial charge in [-0.15, -0.1) is 0 Å². The molecule has 2 aromatic carbocycles. The fourth-order valence-corrected chi connectivity index (χ4v) is 3.29. The SMILES string of the molecule is O=C(O)CC1CCN(C(=O)c2cccc(COc3cccc(F)c3)c2)CC1. The summed E-state index contributed by atoms with van der Waals surface area (Å²) in [6.45, 7) is 1.38. The van der Waals surface area contributed by atoms with Crippen molar-refractivity contribution in [2.45, 2.75) is 25.9 Å². The maximum absolute atomic E-state index is 13.2. The molecule has 142 valence electrons. The van der Waals surface area contributed by atoms with E-state index >= 15 is 0 Å². The molecular weight excluding hydrogens is 349 g/mol. The van der Waals surface area contributed by atoms with Crippen molar-refractivity contribution in [3.05, 3.63) is 65.5 Å². The van der Waals surface area contributed by atoms with Crippen LogP contribution in [0.2, 0.25) is 0 Å². The molecule has 6 heteroatoms. The summed E-state index contributed by atoms with van der Waals surface area (Å²) in [6, 6.07) is 13.1. The lowest BCUT2D eigenvalue weighted by Gasteiger charge is -2.31. The molecule has 2 aromatic rings. The van der Waals surface area contributed by atoms with Gasteiger partial charge >= 0.3 is 5.97 Å². The lowest BCUT2D eigenvalue weighted by atomic mass is 9.93. The number of nitrogens with zero attached hydrogens (tertiary/aromatic N) is 1. The number of piperidine rings is 1. The Kier molecular flexibility index (Phi) is 6.06. The smallest absolute Gasteiger partial charge is 0.303 e. The molecule has 0 bridgehead atoms. The van der Waals surface area contributed by atoms with E-state index in [1.807, 2.05) is 6.07 Å². The largest absolute Gasteiger partial charge is 0.489 e. The van der Waals surface area contributed by atoms with Crippen molar-refractivity contribution in [3.8, 4) is 5.75 Å². The van der Waals surface area contributed by atoms with Gasteiger partial charge in [0.15, 0.2) is 0 Å². The van der Waals surface area contributed by atoms with Crippen LogP contribution in [0.4, 0.5) is 4.39 Å². The standard InChI is InChI=1S/C21H22FNO4/c22-18-5-2-6-19(13-18)27-14-16-3-1-4-17(11-16)21(26)23-9-7-15(8-10-23)12-20(24)25/h1-6,11,13,15H,7-10,12,14H2,(H,24,25). The second-order valence-electron chi connectivity index (χ2n) is 6.78. The zero-order chi connectivity index (χ0) is 19.2. The number of carbonyl (C=O) groups is 2. The highest BCUT2D eigenvalue weighted by atomic mass is 19.1. The molecule has 27 heavy (non-hydrogen) atoms. The van der Waals surface area contributed by atoms with Gasteiger partial charge in [-0.3, -0.25) is 9.59 Å². The van der Waals surface area contributed by atoms with Gasteiger partial charge in [0, 0.05) is 31.1 Å². The first-order chi connectivity index (χ1) is 13.0. The quantitative estimate of drug-likeness (QED) is 0.840. The van der Waals surface area contributed by atoms with Crippen molar-refractivity contribution in [2.75, 3.05) is 13.1 Å². The van der Waals surface area contributed by atoms with Gasteiger partial charge in [-0.1, -0.05) is 18.2 Å². The van der Waals surface area contributed by atoms with Crippen LogP contribution < -0.4 is 4.74 Å². The molecule has 1 amide bonds. The van der Waals surface area contributed by atoms with E-state index in [2.05, 4.69) is 0 Å². The third-order valence-electron chi connectivity index (χ3n) is 4.74. The number of hydrogen-bond donors (Lipinski definition) is 1. The fraction of sp³-hybridized carbons (Fsp3) is 0.333. The predicted molar refractivity (Wildman–Crippen MR) is 98.1 cm³/mol. The van der Waals surface area contributed by atoms with Gasteiger partial charge in [-0.2, -0.15) is 0 Å². The van der Waals surface area contributed by atoms with E-state index in [4.69, 9.17) is 9.84 Å². The van der Waals surface area contributed by atoms with Crippen molar-refractivity contribution >= 4 is 11.9 Å². The van der Waals surface area contributed by atoms with E-state index in [-0.39, 0.29) is 30.7 Å². The molecule has 1 aliphatic rings. The second kappa shape index (κ2) is 8.66. The maximum atomic E-state index is 13.2. The Morgan fingerprint density at radius 3 is 2.56 bits per heavy atom. The van der Waals surface area contributed by atoms with Crippen molar-refractivity contribution in [3.63, 3.8) is 0 Å². The summed E-state index contributed by atoms with van der Waals surface area (Å²) in [6.07, 6.45) is 1.58. The van der Waals surface area contributed by atoms with E-state index in [0.717, 1.165) is 5.56 Å². The third kappa shape index (κ3) is 5.29. The van der Waals surface area contributed by atoms with E-state index in [9.17, 15) is 14.0 Å². The molecule has 5 nitrogen and oxygen atoms in total. The van der Waals surface area contributed by atoms with Crippen molar-refractivity contribution < 1.29 is 23.8 Å². The zero-order valence-corrected chi connectivity index (χ0v) is 14.9. The van der Waals surface area contributed by atoms with Crippen LogP contribution in [0, 0.1) is 11.7 Å². The van der Waals surface area contributed by atoms with Gasteiger partial charge in [-0.25, -0.2) is 4.39 Å². The van der Waals surface area contributed by atoms with E-state index in [0.29, 0.717) is 37.2 Å². The van der Waals surface area contributed by atoms with Crippen LogP contribution in [-0.4, -0.2) is 35.0 Å². The van der Waals surface area contributed by atoms with Crippen LogP contribution in [0.5, 0.6) is 5.75 Å². The summed E-state index contributed by atoms with van der Waals surface area (Å²) < 4.78 is 18.8. The van der Waals surface area contributed by atoms with Crippen molar-refractivity contribution in [1.82, 2.24) is 4.90 Å². The number of amides is 1. The molecule has 1 aliphatic heterocycles. The number of likely N-dealkylation sites (tertiary alicyclic amines) is 1. The number of hydrogen-bond acceptors (Lipinski definition) is 3. The summed E-state index contributed by atoms with van der Waals surface area (Å²) >= 11 is 0. The van der Waals surface area contributed by atoms with E-state index in [1.54, 1.807) is 35.2 Å². The molecule has 0 spiro atoms. The lowest BCUT2D eigenvalue weighted by molar-refractivity contribution is -0.138. The molecular formula is C21H22FNO4. The average Bonchev–Trinajstić information content (AvgIpc) is 2.66. The Hall–Kier alpha value is -2.89. The Bertz CT molecular complexity index is 815. The first-order valence-corrected chi connectivity index (χ1v) is 8.99. The highest BCUT2D eigenvalue weighted by Crippen LogP contribution is 2.22. The zero-order valence-electron chi connectivity index (χ0n) is 14.9. The van der Waals surface area contributed by atoms with Gasteiger partial charge in [0.25, 0.3) is 5.91 Å². The van der Waals surface area contributed by atoms with E-state index < -0.39 is 5.97 Å². The number of carboxylic acid groups (broad SMARTS) is 1. The Morgan fingerprint density at radius 2 is 1.85 bits per heavy atom. The highest BCUT2D eigenvalue weighted by Gasteiger charge is 2.25. The minimum Gasteiger partial charge on any atom is -0.489 e. The average molecular weight is 371 g/mol. The fourth-order valence-electron chi connectivity index (χ4n) is 3.29. The number of halogens is 1. The molecule has 3 rings (SSSR count). The van der Waals surface area contributed by atoms with Crippen LogP contribution in [0.25, 0.3) is 0 Å². The Morgan fingerprint density at radius 1 is 1.11 bits per heavy atom. The van der Waals surface area contributed by atoms with Gasteiger partial charge in [-0.05, 0) is 48.6 Å². The van der Waals surface area contributed by atoms with Gasteiger partial charge in [0.05, 0.1) is 0 Å².